The number of hydrogen-bond acceptors (Lipinski definition) is 4. The van der Waals surface area contributed by atoms with E-state index >= 15 is 0 Å². The first-order valence-electron chi connectivity index (χ1n) is 7.55. The Hall–Kier alpha value is -1.65. The van der Waals surface area contributed by atoms with E-state index in [2.05, 4.69) is 29.1 Å². The van der Waals surface area contributed by atoms with Gasteiger partial charge in [0, 0.05) is 25.2 Å². The zero-order valence-corrected chi connectivity index (χ0v) is 12.6. The van der Waals surface area contributed by atoms with Crippen molar-refractivity contribution in [3.8, 4) is 0 Å². The molecular formula is C15H24N4O. The molecule has 0 aliphatic heterocycles. The van der Waals surface area contributed by atoms with Gasteiger partial charge in [0.2, 0.25) is 0 Å². The number of amides is 1. The van der Waals surface area contributed by atoms with Gasteiger partial charge in [0.25, 0.3) is 5.91 Å². The van der Waals surface area contributed by atoms with Crippen LogP contribution in [-0.4, -0.2) is 39.9 Å². The highest BCUT2D eigenvalue weighted by atomic mass is 16.2. The van der Waals surface area contributed by atoms with Crippen molar-refractivity contribution >= 4 is 11.7 Å². The lowest BCUT2D eigenvalue weighted by Crippen LogP contribution is -2.33. The molecule has 1 saturated carbocycles. The normalized spacial score (nSPS) is 14.2. The Balaban J connectivity index is 2.15. The summed E-state index contributed by atoms with van der Waals surface area (Å²) in [4.78, 5) is 23.1. The molecule has 0 saturated heterocycles. The molecule has 1 aromatic rings. The van der Waals surface area contributed by atoms with E-state index in [1.165, 1.54) is 12.8 Å². The highest BCUT2D eigenvalue weighted by Crippen LogP contribution is 2.24. The fourth-order valence-electron chi connectivity index (χ4n) is 2.20. The molecule has 1 N–H and O–H groups in total. The summed E-state index contributed by atoms with van der Waals surface area (Å²) in [6.45, 7) is 7.56. The van der Waals surface area contributed by atoms with Gasteiger partial charge in [0.15, 0.2) is 0 Å². The first-order chi connectivity index (χ1) is 9.63. The minimum Gasteiger partial charge on any atom is -0.367 e. The molecule has 5 nitrogen and oxygen atoms in total. The van der Waals surface area contributed by atoms with Gasteiger partial charge in [0.05, 0.1) is 0 Å². The average molecular weight is 276 g/mol. The molecule has 0 atom stereocenters. The van der Waals surface area contributed by atoms with E-state index in [4.69, 9.17) is 0 Å². The maximum Gasteiger partial charge on any atom is 0.272 e. The maximum atomic E-state index is 12.5. The fourth-order valence-corrected chi connectivity index (χ4v) is 2.20. The smallest absolute Gasteiger partial charge is 0.272 e. The molecule has 110 valence electrons. The zero-order valence-electron chi connectivity index (χ0n) is 12.6. The van der Waals surface area contributed by atoms with Crippen molar-refractivity contribution in [1.29, 1.82) is 0 Å². The van der Waals surface area contributed by atoms with Gasteiger partial charge in [-0.2, -0.15) is 0 Å². The minimum atomic E-state index is 0.0121. The lowest BCUT2D eigenvalue weighted by atomic mass is 10.3. The lowest BCUT2D eigenvalue weighted by Gasteiger charge is -2.21. The van der Waals surface area contributed by atoms with Crippen molar-refractivity contribution in [3.63, 3.8) is 0 Å². The summed E-state index contributed by atoms with van der Waals surface area (Å²) < 4.78 is 0. The van der Waals surface area contributed by atoms with Crippen molar-refractivity contribution in [2.45, 2.75) is 52.5 Å². The van der Waals surface area contributed by atoms with Gasteiger partial charge < -0.3 is 10.2 Å². The molecule has 1 aromatic heterocycles. The van der Waals surface area contributed by atoms with Crippen LogP contribution < -0.4 is 5.32 Å². The van der Waals surface area contributed by atoms with Crippen LogP contribution in [0.3, 0.4) is 0 Å². The Kier molecular flexibility index (Phi) is 4.93. The molecule has 2 rings (SSSR count). The number of aryl methyl sites for hydroxylation is 1. The lowest BCUT2D eigenvalue weighted by molar-refractivity contribution is 0.0749. The Morgan fingerprint density at radius 1 is 1.30 bits per heavy atom. The van der Waals surface area contributed by atoms with E-state index in [0.717, 1.165) is 31.7 Å². The van der Waals surface area contributed by atoms with Gasteiger partial charge in [-0.15, -0.1) is 0 Å². The van der Waals surface area contributed by atoms with Gasteiger partial charge in [-0.3, -0.25) is 4.79 Å². The minimum absolute atomic E-state index is 0.0121. The van der Waals surface area contributed by atoms with Crippen LogP contribution >= 0.6 is 0 Å². The third-order valence-electron chi connectivity index (χ3n) is 3.26. The Morgan fingerprint density at radius 2 is 1.95 bits per heavy atom. The Morgan fingerprint density at radius 3 is 2.50 bits per heavy atom. The number of aromatic nitrogens is 2. The van der Waals surface area contributed by atoms with Crippen LogP contribution in [0.5, 0.6) is 0 Å². The topological polar surface area (TPSA) is 58.1 Å². The molecule has 20 heavy (non-hydrogen) atoms. The standard InChI is InChI=1S/C15H24N4O/c1-4-8-19(9-5-2)15(20)13-10-14(17-11(3)16-13)18-12-6-7-12/h10,12H,4-9H2,1-3H3,(H,16,17,18). The predicted octanol–water partition coefficient (Wildman–Crippen LogP) is 2.62. The second kappa shape index (κ2) is 6.68. The number of anilines is 1. The highest BCUT2D eigenvalue weighted by Gasteiger charge is 2.23. The first kappa shape index (κ1) is 14.8. The van der Waals surface area contributed by atoms with Crippen LogP contribution in [0.4, 0.5) is 5.82 Å². The molecule has 5 heteroatoms. The third kappa shape index (κ3) is 3.92. The first-order valence-corrected chi connectivity index (χ1v) is 7.55. The van der Waals surface area contributed by atoms with Gasteiger partial charge in [0.1, 0.15) is 17.3 Å². The van der Waals surface area contributed by atoms with E-state index in [0.29, 0.717) is 17.6 Å². The largest absolute Gasteiger partial charge is 0.367 e. The quantitative estimate of drug-likeness (QED) is 0.831. The number of carbonyl (C=O) groups is 1. The van der Waals surface area contributed by atoms with Gasteiger partial charge in [-0.25, -0.2) is 9.97 Å². The van der Waals surface area contributed by atoms with Crippen LogP contribution in [0.25, 0.3) is 0 Å². The van der Waals surface area contributed by atoms with Crippen LogP contribution in [-0.2, 0) is 0 Å². The summed E-state index contributed by atoms with van der Waals surface area (Å²) in [5.74, 6) is 1.43. The third-order valence-corrected chi connectivity index (χ3v) is 3.26. The number of rotatable bonds is 7. The molecule has 1 fully saturated rings. The molecule has 0 spiro atoms. The van der Waals surface area contributed by atoms with Crippen LogP contribution in [0.15, 0.2) is 6.07 Å². The maximum absolute atomic E-state index is 12.5. The van der Waals surface area contributed by atoms with E-state index in [9.17, 15) is 4.79 Å². The number of hydrogen-bond donors (Lipinski definition) is 1. The highest BCUT2D eigenvalue weighted by molar-refractivity contribution is 5.93. The molecule has 0 aromatic carbocycles. The number of carbonyl (C=O) groups excluding carboxylic acids is 1. The predicted molar refractivity (Wildman–Crippen MR) is 79.9 cm³/mol. The van der Waals surface area contributed by atoms with Crippen LogP contribution in [0.2, 0.25) is 0 Å². The summed E-state index contributed by atoms with van der Waals surface area (Å²) in [7, 11) is 0. The molecule has 1 amide bonds. The summed E-state index contributed by atoms with van der Waals surface area (Å²) in [5, 5.41) is 3.33. The summed E-state index contributed by atoms with van der Waals surface area (Å²) in [6.07, 6.45) is 4.29. The second-order valence-corrected chi connectivity index (χ2v) is 5.40. The number of nitrogens with zero attached hydrogens (tertiary/aromatic N) is 3. The van der Waals surface area contributed by atoms with Crippen LogP contribution in [0.1, 0.15) is 55.8 Å². The molecular weight excluding hydrogens is 252 g/mol. The molecule has 0 bridgehead atoms. The summed E-state index contributed by atoms with van der Waals surface area (Å²) >= 11 is 0. The van der Waals surface area contributed by atoms with Crippen LogP contribution in [0, 0.1) is 6.92 Å². The van der Waals surface area contributed by atoms with E-state index in [1.54, 1.807) is 6.07 Å². The summed E-state index contributed by atoms with van der Waals surface area (Å²) in [6, 6.07) is 2.31. The summed E-state index contributed by atoms with van der Waals surface area (Å²) in [5.41, 5.74) is 0.502. The van der Waals surface area contributed by atoms with Gasteiger partial charge in [-0.1, -0.05) is 13.8 Å². The zero-order chi connectivity index (χ0) is 14.5. The van der Waals surface area contributed by atoms with Gasteiger partial charge >= 0.3 is 0 Å². The molecule has 1 aliphatic carbocycles. The monoisotopic (exact) mass is 276 g/mol. The van der Waals surface area contributed by atoms with E-state index < -0.39 is 0 Å². The van der Waals surface area contributed by atoms with Crippen molar-refractivity contribution in [2.75, 3.05) is 18.4 Å². The molecule has 1 aliphatic rings. The molecule has 1 heterocycles. The van der Waals surface area contributed by atoms with Crippen molar-refractivity contribution in [1.82, 2.24) is 14.9 Å². The Bertz CT molecular complexity index is 465. The average Bonchev–Trinajstić information content (AvgIpc) is 3.21. The Labute approximate surface area is 120 Å². The van der Waals surface area contributed by atoms with E-state index in [-0.39, 0.29) is 5.91 Å². The van der Waals surface area contributed by atoms with Gasteiger partial charge in [-0.05, 0) is 32.6 Å². The SMILES string of the molecule is CCCN(CCC)C(=O)c1cc(NC2CC2)nc(C)n1. The van der Waals surface area contributed by atoms with E-state index in [1.807, 2.05) is 11.8 Å². The second-order valence-electron chi connectivity index (χ2n) is 5.40. The fraction of sp³-hybridized carbons (Fsp3) is 0.667. The van der Waals surface area contributed by atoms with Crippen molar-refractivity contribution < 1.29 is 4.79 Å². The van der Waals surface area contributed by atoms with Crippen molar-refractivity contribution in [2.24, 2.45) is 0 Å². The van der Waals surface area contributed by atoms with Crippen molar-refractivity contribution in [3.05, 3.63) is 17.6 Å². The molecule has 0 radical (unpaired) electrons. The molecule has 0 unspecified atom stereocenters. The number of nitrogens with one attached hydrogen (secondary N) is 1.